The van der Waals surface area contributed by atoms with Gasteiger partial charge >= 0.3 is 6.03 Å². The summed E-state index contributed by atoms with van der Waals surface area (Å²) in [6.45, 7) is 0.423. The maximum atomic E-state index is 13.3. The number of ether oxygens (including phenoxy) is 1. The molecular weight excluding hydrogens is 358 g/mol. The average molecular weight is 371 g/mol. The lowest BCUT2D eigenvalue weighted by Gasteiger charge is -2.10. The van der Waals surface area contributed by atoms with Crippen LogP contribution < -0.4 is 15.4 Å². The summed E-state index contributed by atoms with van der Waals surface area (Å²) in [5, 5.41) is 4.57. The normalized spacial score (nSPS) is 10.1. The Kier molecular flexibility index (Phi) is 5.71. The molecule has 2 aromatic rings. The van der Waals surface area contributed by atoms with E-state index in [9.17, 15) is 13.6 Å². The van der Waals surface area contributed by atoms with Crippen LogP contribution in [0.5, 0.6) is 5.75 Å². The van der Waals surface area contributed by atoms with E-state index < -0.39 is 23.4 Å². The number of urea groups is 1. The van der Waals surface area contributed by atoms with Crippen LogP contribution in [0.15, 0.2) is 46.9 Å². The van der Waals surface area contributed by atoms with E-state index in [1.165, 1.54) is 6.07 Å². The summed E-state index contributed by atoms with van der Waals surface area (Å²) < 4.78 is 33.0. The van der Waals surface area contributed by atoms with Crippen molar-refractivity contribution >= 4 is 27.6 Å². The van der Waals surface area contributed by atoms with Crippen molar-refractivity contribution in [1.82, 2.24) is 5.32 Å². The van der Waals surface area contributed by atoms with E-state index >= 15 is 0 Å². The van der Waals surface area contributed by atoms with E-state index in [1.54, 1.807) is 12.1 Å². The number of amides is 2. The first-order chi connectivity index (χ1) is 10.6. The standard InChI is InChI=1S/C15H13BrF2N2O2/c16-10-4-6-11(7-5-10)22-9-8-19-15(21)20-14-12(17)2-1-3-13(14)18/h1-7H,8-9H2,(H2,19,20,21). The minimum absolute atomic E-state index is 0.192. The highest BCUT2D eigenvalue weighted by Crippen LogP contribution is 2.17. The van der Waals surface area contributed by atoms with Crippen LogP contribution in [-0.2, 0) is 0 Å². The van der Waals surface area contributed by atoms with Gasteiger partial charge in [-0.25, -0.2) is 13.6 Å². The highest BCUT2D eigenvalue weighted by atomic mass is 79.9. The molecule has 0 fully saturated rings. The smallest absolute Gasteiger partial charge is 0.319 e. The molecule has 0 aromatic heterocycles. The fourth-order valence-corrected chi connectivity index (χ4v) is 1.90. The van der Waals surface area contributed by atoms with Crippen molar-refractivity contribution in [1.29, 1.82) is 0 Å². The number of hydrogen-bond acceptors (Lipinski definition) is 2. The average Bonchev–Trinajstić information content (AvgIpc) is 2.49. The maximum absolute atomic E-state index is 13.3. The van der Waals surface area contributed by atoms with Crippen molar-refractivity contribution in [3.05, 3.63) is 58.6 Å². The van der Waals surface area contributed by atoms with Crippen LogP contribution in [0.2, 0.25) is 0 Å². The molecule has 0 spiro atoms. The van der Waals surface area contributed by atoms with Crippen LogP contribution in [0.1, 0.15) is 0 Å². The third kappa shape index (κ3) is 4.70. The number of carbonyl (C=O) groups excluding carboxylic acids is 1. The van der Waals surface area contributed by atoms with Crippen LogP contribution in [0, 0.1) is 11.6 Å². The van der Waals surface area contributed by atoms with Gasteiger partial charge in [0, 0.05) is 4.47 Å². The third-order valence-corrected chi connectivity index (χ3v) is 3.20. The Hall–Kier alpha value is -2.15. The summed E-state index contributed by atoms with van der Waals surface area (Å²) in [6, 6.07) is 9.86. The first-order valence-electron chi connectivity index (χ1n) is 6.43. The molecule has 0 saturated carbocycles. The van der Waals surface area contributed by atoms with E-state index in [2.05, 4.69) is 26.6 Å². The molecule has 0 atom stereocenters. The monoisotopic (exact) mass is 370 g/mol. The van der Waals surface area contributed by atoms with E-state index in [0.29, 0.717) is 5.75 Å². The van der Waals surface area contributed by atoms with Crippen molar-refractivity contribution in [3.8, 4) is 5.75 Å². The van der Waals surface area contributed by atoms with Crippen molar-refractivity contribution < 1.29 is 18.3 Å². The van der Waals surface area contributed by atoms with Gasteiger partial charge in [-0.15, -0.1) is 0 Å². The van der Waals surface area contributed by atoms with Gasteiger partial charge in [0.15, 0.2) is 0 Å². The summed E-state index contributed by atoms with van der Waals surface area (Å²) >= 11 is 3.31. The van der Waals surface area contributed by atoms with Crippen LogP contribution in [0.3, 0.4) is 0 Å². The molecule has 2 rings (SSSR count). The molecule has 0 aliphatic rings. The second-order valence-electron chi connectivity index (χ2n) is 4.28. The fourth-order valence-electron chi connectivity index (χ4n) is 1.64. The molecule has 116 valence electrons. The molecule has 2 N–H and O–H groups in total. The lowest BCUT2D eigenvalue weighted by Crippen LogP contribution is -2.32. The zero-order valence-electron chi connectivity index (χ0n) is 11.4. The van der Waals surface area contributed by atoms with Crippen molar-refractivity contribution in [2.45, 2.75) is 0 Å². The van der Waals surface area contributed by atoms with Gasteiger partial charge in [0.25, 0.3) is 0 Å². The minimum Gasteiger partial charge on any atom is -0.492 e. The molecule has 0 unspecified atom stereocenters. The summed E-state index contributed by atoms with van der Waals surface area (Å²) in [4.78, 5) is 11.6. The molecule has 0 aliphatic carbocycles. The molecule has 0 radical (unpaired) electrons. The predicted molar refractivity (Wildman–Crippen MR) is 83.0 cm³/mol. The molecule has 0 saturated heterocycles. The highest BCUT2D eigenvalue weighted by molar-refractivity contribution is 9.10. The van der Waals surface area contributed by atoms with Gasteiger partial charge in [-0.05, 0) is 36.4 Å². The summed E-state index contributed by atoms with van der Waals surface area (Å²) in [5.74, 6) is -1.01. The summed E-state index contributed by atoms with van der Waals surface area (Å²) in [5.41, 5.74) is -0.478. The van der Waals surface area contributed by atoms with E-state index in [0.717, 1.165) is 16.6 Å². The molecule has 0 heterocycles. The maximum Gasteiger partial charge on any atom is 0.319 e. The molecule has 4 nitrogen and oxygen atoms in total. The van der Waals surface area contributed by atoms with Gasteiger partial charge in [-0.3, -0.25) is 0 Å². The number of rotatable bonds is 5. The Balaban J connectivity index is 1.75. The van der Waals surface area contributed by atoms with Crippen LogP contribution in [-0.4, -0.2) is 19.2 Å². The number of benzene rings is 2. The Morgan fingerprint density at radius 3 is 2.36 bits per heavy atom. The number of para-hydroxylation sites is 1. The second-order valence-corrected chi connectivity index (χ2v) is 5.20. The van der Waals surface area contributed by atoms with Gasteiger partial charge in [-0.1, -0.05) is 22.0 Å². The van der Waals surface area contributed by atoms with E-state index in [-0.39, 0.29) is 13.2 Å². The quantitative estimate of drug-likeness (QED) is 0.783. The van der Waals surface area contributed by atoms with Crippen LogP contribution >= 0.6 is 15.9 Å². The van der Waals surface area contributed by atoms with Crippen molar-refractivity contribution in [2.75, 3.05) is 18.5 Å². The topological polar surface area (TPSA) is 50.4 Å². The molecule has 0 bridgehead atoms. The Labute approximate surface area is 134 Å². The summed E-state index contributed by atoms with van der Waals surface area (Å²) in [6.07, 6.45) is 0. The molecule has 0 aliphatic heterocycles. The zero-order chi connectivity index (χ0) is 15.9. The largest absolute Gasteiger partial charge is 0.492 e. The molecular formula is C15H13BrF2N2O2. The number of carbonyl (C=O) groups is 1. The van der Waals surface area contributed by atoms with E-state index in [4.69, 9.17) is 4.74 Å². The van der Waals surface area contributed by atoms with Gasteiger partial charge in [0.05, 0.1) is 6.54 Å². The Morgan fingerprint density at radius 2 is 1.73 bits per heavy atom. The number of nitrogens with one attached hydrogen (secondary N) is 2. The fraction of sp³-hybridized carbons (Fsp3) is 0.133. The van der Waals surface area contributed by atoms with Crippen LogP contribution in [0.4, 0.5) is 19.3 Å². The third-order valence-electron chi connectivity index (χ3n) is 2.67. The molecule has 7 heteroatoms. The second kappa shape index (κ2) is 7.74. The SMILES string of the molecule is O=C(NCCOc1ccc(Br)cc1)Nc1c(F)cccc1F. The highest BCUT2D eigenvalue weighted by Gasteiger charge is 2.11. The number of halogens is 3. The van der Waals surface area contributed by atoms with Gasteiger partial charge in [0.2, 0.25) is 0 Å². The zero-order valence-corrected chi connectivity index (χ0v) is 13.0. The van der Waals surface area contributed by atoms with Crippen molar-refractivity contribution in [3.63, 3.8) is 0 Å². The number of anilines is 1. The first-order valence-corrected chi connectivity index (χ1v) is 7.23. The molecule has 2 aromatic carbocycles. The first kappa shape index (κ1) is 16.2. The van der Waals surface area contributed by atoms with Gasteiger partial charge in [0.1, 0.15) is 29.7 Å². The lowest BCUT2D eigenvalue weighted by molar-refractivity contribution is 0.247. The minimum atomic E-state index is -0.832. The molecule has 22 heavy (non-hydrogen) atoms. The molecule has 2 amide bonds. The Bertz CT molecular complexity index is 630. The predicted octanol–water partition coefficient (Wildman–Crippen LogP) is 3.93. The van der Waals surface area contributed by atoms with Gasteiger partial charge < -0.3 is 15.4 Å². The van der Waals surface area contributed by atoms with Crippen molar-refractivity contribution in [2.24, 2.45) is 0 Å². The van der Waals surface area contributed by atoms with Crippen LogP contribution in [0.25, 0.3) is 0 Å². The van der Waals surface area contributed by atoms with Gasteiger partial charge in [-0.2, -0.15) is 0 Å². The Morgan fingerprint density at radius 1 is 1.09 bits per heavy atom. The lowest BCUT2D eigenvalue weighted by atomic mass is 10.3. The summed E-state index contributed by atoms with van der Waals surface area (Å²) in [7, 11) is 0. The van der Waals surface area contributed by atoms with E-state index in [1.807, 2.05) is 12.1 Å². The number of hydrogen-bond donors (Lipinski definition) is 2.